The van der Waals surface area contributed by atoms with Gasteiger partial charge in [-0.1, -0.05) is 159 Å². The number of fused-ring (bicyclic) bond motifs is 4. The molecule has 358 valence electrons. The molecule has 0 saturated carbocycles. The van der Waals surface area contributed by atoms with Crippen LogP contribution in [0.4, 0.5) is 27.1 Å². The summed E-state index contributed by atoms with van der Waals surface area (Å²) in [4.78, 5) is 9.72. The average molecular weight is 945 g/mol. The molecule has 3 heterocycles. The molecule has 0 unspecified atom stereocenters. The molecule has 0 spiro atoms. The third-order valence-electron chi connectivity index (χ3n) is 14.2. The van der Waals surface area contributed by atoms with Crippen LogP contribution in [0.15, 0.2) is 194 Å². The second-order valence-electron chi connectivity index (χ2n) is 22.4. The first-order valence-corrected chi connectivity index (χ1v) is 25.1. The first-order valence-electron chi connectivity index (χ1n) is 25.1. The molecule has 0 atom stereocenters. The van der Waals surface area contributed by atoms with Crippen LogP contribution in [0.2, 0.25) is 0 Å². The van der Waals surface area contributed by atoms with Gasteiger partial charge in [0.15, 0.2) is 0 Å². The van der Waals surface area contributed by atoms with Gasteiger partial charge < -0.3 is 14.5 Å². The normalized spacial score (nSPS) is 13.0. The molecule has 10 aromatic rings. The van der Waals surface area contributed by atoms with Crippen molar-refractivity contribution in [2.75, 3.05) is 16.5 Å². The summed E-state index contributed by atoms with van der Waals surface area (Å²) in [6, 6.07) is 65.6. The van der Waals surface area contributed by atoms with E-state index in [1.165, 1.54) is 22.1 Å². The highest BCUT2D eigenvalue weighted by Crippen LogP contribution is 2.52. The van der Waals surface area contributed by atoms with Crippen molar-refractivity contribution >= 4 is 44.6 Å². The Kier molecular flexibility index (Phi) is 11.4. The monoisotopic (exact) mass is 944 g/mol. The number of anilines is 4. The SMILES string of the molecule is CC(C)(C)c1cc(-c2cc(-c3ccccc3)cc(-c3ccc(F)cc3)c2N2CN(c3cccc(Oc4ccc5c6ccccc6n(-c6cc(C(C)(C)C)ccn6)c5c4)c3)c3ccccc32)cc(C(C)(C)C)c1. The van der Waals surface area contributed by atoms with E-state index in [9.17, 15) is 4.39 Å². The zero-order valence-corrected chi connectivity index (χ0v) is 42.8. The summed E-state index contributed by atoms with van der Waals surface area (Å²) in [5, 5.41) is 2.30. The minimum absolute atomic E-state index is 0.0308. The summed E-state index contributed by atoms with van der Waals surface area (Å²) in [5.41, 5.74) is 16.3. The third-order valence-corrected chi connectivity index (χ3v) is 14.2. The smallest absolute Gasteiger partial charge is 0.137 e. The van der Waals surface area contributed by atoms with Crippen molar-refractivity contribution in [1.29, 1.82) is 0 Å². The number of rotatable bonds is 8. The van der Waals surface area contributed by atoms with Gasteiger partial charge in [-0.3, -0.25) is 4.57 Å². The molecule has 2 aromatic heterocycles. The number of hydrogen-bond acceptors (Lipinski definition) is 4. The van der Waals surface area contributed by atoms with Gasteiger partial charge in [-0.15, -0.1) is 0 Å². The van der Waals surface area contributed by atoms with Gasteiger partial charge >= 0.3 is 0 Å². The fourth-order valence-corrected chi connectivity index (χ4v) is 10.2. The van der Waals surface area contributed by atoms with Crippen LogP contribution >= 0.6 is 0 Å². The zero-order valence-electron chi connectivity index (χ0n) is 42.8. The number of para-hydroxylation sites is 3. The third kappa shape index (κ3) is 8.70. The maximum atomic E-state index is 14.8. The van der Waals surface area contributed by atoms with E-state index < -0.39 is 0 Å². The highest BCUT2D eigenvalue weighted by molar-refractivity contribution is 6.09. The number of benzene rings is 8. The molecule has 0 bridgehead atoms. The Labute approximate surface area is 423 Å². The van der Waals surface area contributed by atoms with Gasteiger partial charge in [0.05, 0.1) is 28.1 Å². The van der Waals surface area contributed by atoms with Gasteiger partial charge in [0.2, 0.25) is 0 Å². The molecule has 0 amide bonds. The van der Waals surface area contributed by atoms with Crippen LogP contribution in [0.5, 0.6) is 11.5 Å². The number of aromatic nitrogens is 2. The number of pyridine rings is 1. The Balaban J connectivity index is 1.04. The number of ether oxygens (including phenoxy) is 1. The zero-order chi connectivity index (χ0) is 50.1. The van der Waals surface area contributed by atoms with Crippen LogP contribution in [-0.2, 0) is 16.2 Å². The van der Waals surface area contributed by atoms with E-state index in [4.69, 9.17) is 9.72 Å². The lowest BCUT2D eigenvalue weighted by Gasteiger charge is -2.30. The van der Waals surface area contributed by atoms with Crippen molar-refractivity contribution in [3.05, 3.63) is 217 Å². The van der Waals surface area contributed by atoms with E-state index in [0.717, 1.165) is 89.9 Å². The Morgan fingerprint density at radius 2 is 1.06 bits per heavy atom. The van der Waals surface area contributed by atoms with Crippen LogP contribution in [0.25, 0.3) is 61.0 Å². The molecule has 1 aliphatic rings. The second-order valence-corrected chi connectivity index (χ2v) is 22.4. The molecule has 11 rings (SSSR count). The molecule has 8 aromatic carbocycles. The first kappa shape index (κ1) is 46.4. The van der Waals surface area contributed by atoms with E-state index >= 15 is 0 Å². The predicted molar refractivity (Wildman–Crippen MR) is 299 cm³/mol. The molecule has 0 N–H and O–H groups in total. The molecule has 1 aliphatic heterocycles. The maximum absolute atomic E-state index is 14.8. The van der Waals surface area contributed by atoms with E-state index in [2.05, 4.69) is 234 Å². The van der Waals surface area contributed by atoms with Crippen LogP contribution in [0, 0.1) is 5.82 Å². The second kappa shape index (κ2) is 17.7. The largest absolute Gasteiger partial charge is 0.457 e. The van der Waals surface area contributed by atoms with Crippen molar-refractivity contribution in [2.45, 2.75) is 78.6 Å². The lowest BCUT2D eigenvalue weighted by atomic mass is 9.78. The lowest BCUT2D eigenvalue weighted by molar-refractivity contribution is 0.483. The van der Waals surface area contributed by atoms with Gasteiger partial charge in [-0.25, -0.2) is 9.37 Å². The van der Waals surface area contributed by atoms with Gasteiger partial charge in [-0.2, -0.15) is 0 Å². The van der Waals surface area contributed by atoms with Crippen molar-refractivity contribution in [2.24, 2.45) is 0 Å². The van der Waals surface area contributed by atoms with Crippen LogP contribution in [-0.4, -0.2) is 16.2 Å². The summed E-state index contributed by atoms with van der Waals surface area (Å²) in [6.45, 7) is 21.0. The Bertz CT molecular complexity index is 3630. The van der Waals surface area contributed by atoms with Crippen molar-refractivity contribution in [3.8, 4) is 50.7 Å². The van der Waals surface area contributed by atoms with Gasteiger partial charge in [0.1, 0.15) is 29.8 Å². The van der Waals surface area contributed by atoms with E-state index in [0.29, 0.717) is 6.67 Å². The fraction of sp³-hybridized carbons (Fsp3) is 0.197. The lowest BCUT2D eigenvalue weighted by Crippen LogP contribution is -2.25. The number of nitrogens with zero attached hydrogens (tertiary/aromatic N) is 4. The minimum Gasteiger partial charge on any atom is -0.457 e. The van der Waals surface area contributed by atoms with Crippen LogP contribution < -0.4 is 14.5 Å². The quantitative estimate of drug-likeness (QED) is 0.152. The highest BCUT2D eigenvalue weighted by atomic mass is 19.1. The standard InChI is InChI=1S/C66H61FN4O/c1-64(2,3)47-32-33-68-62(39-47)71-58-23-14-13-22-54(58)55-31-30-53(41-61(55)71)72-52-21-17-20-51(40-52)69-42-70(60-25-16-15-24-59(60)69)63-56(44-26-28-50(67)29-27-44)36-45(43-18-11-10-12-19-43)37-57(63)46-34-48(65(4,5)6)38-49(35-46)66(7,8)9/h10-41H,42H2,1-9H3. The molecule has 0 aliphatic carbocycles. The van der Waals surface area contributed by atoms with E-state index in [1.54, 1.807) is 12.1 Å². The summed E-state index contributed by atoms with van der Waals surface area (Å²) < 4.78 is 23.9. The topological polar surface area (TPSA) is 33.5 Å². The Morgan fingerprint density at radius 3 is 1.75 bits per heavy atom. The highest BCUT2D eigenvalue weighted by Gasteiger charge is 2.33. The van der Waals surface area contributed by atoms with Crippen molar-refractivity contribution in [3.63, 3.8) is 0 Å². The van der Waals surface area contributed by atoms with E-state index in [-0.39, 0.29) is 22.1 Å². The van der Waals surface area contributed by atoms with Crippen LogP contribution in [0.3, 0.4) is 0 Å². The molecule has 5 nitrogen and oxygen atoms in total. The number of halogens is 1. The van der Waals surface area contributed by atoms with Crippen molar-refractivity contribution in [1.82, 2.24) is 9.55 Å². The Morgan fingerprint density at radius 1 is 0.444 bits per heavy atom. The van der Waals surface area contributed by atoms with Crippen molar-refractivity contribution < 1.29 is 9.13 Å². The first-order chi connectivity index (χ1) is 34.5. The minimum atomic E-state index is -0.266. The summed E-state index contributed by atoms with van der Waals surface area (Å²) in [7, 11) is 0. The summed E-state index contributed by atoms with van der Waals surface area (Å²) in [6.07, 6.45) is 1.91. The molecule has 72 heavy (non-hydrogen) atoms. The van der Waals surface area contributed by atoms with Gasteiger partial charge in [0.25, 0.3) is 0 Å². The number of hydrogen-bond donors (Lipinski definition) is 0. The maximum Gasteiger partial charge on any atom is 0.137 e. The Hall–Kier alpha value is -7.96. The molecule has 0 radical (unpaired) electrons. The molecule has 0 saturated heterocycles. The molecule has 6 heteroatoms. The van der Waals surface area contributed by atoms with Gasteiger partial charge in [-0.05, 0) is 134 Å². The van der Waals surface area contributed by atoms with Crippen LogP contribution in [0.1, 0.15) is 79.0 Å². The molecule has 0 fully saturated rings. The predicted octanol–water partition coefficient (Wildman–Crippen LogP) is 18.3. The van der Waals surface area contributed by atoms with Gasteiger partial charge in [0, 0.05) is 45.9 Å². The molecular formula is C66H61FN4O. The molecular weight excluding hydrogens is 884 g/mol. The summed E-state index contributed by atoms with van der Waals surface area (Å²) in [5.74, 6) is 2.07. The average Bonchev–Trinajstić information content (AvgIpc) is 3.92. The fourth-order valence-electron chi connectivity index (χ4n) is 10.2. The summed E-state index contributed by atoms with van der Waals surface area (Å²) >= 11 is 0. The van der Waals surface area contributed by atoms with E-state index in [1.807, 2.05) is 24.4 Å².